The number of nitrogens with two attached hydrogens (primary N) is 1. The van der Waals surface area contributed by atoms with Crippen molar-refractivity contribution in [3.05, 3.63) is 71.0 Å². The van der Waals surface area contributed by atoms with Crippen LogP contribution in [0.1, 0.15) is 17.8 Å². The van der Waals surface area contributed by atoms with Crippen LogP contribution in [-0.2, 0) is 14.8 Å². The van der Waals surface area contributed by atoms with Crippen molar-refractivity contribution in [3.63, 3.8) is 0 Å². The van der Waals surface area contributed by atoms with E-state index < -0.39 is 28.2 Å². The van der Waals surface area contributed by atoms with Crippen molar-refractivity contribution in [1.82, 2.24) is 14.8 Å². The summed E-state index contributed by atoms with van der Waals surface area (Å²) in [4.78, 5) is 12.3. The summed E-state index contributed by atoms with van der Waals surface area (Å²) in [7, 11) is -3.97. The monoisotopic (exact) mass is 548 g/mol. The lowest BCUT2D eigenvalue weighted by atomic mass is 10.0. The Labute approximate surface area is 212 Å². The van der Waals surface area contributed by atoms with Gasteiger partial charge in [0.1, 0.15) is 0 Å². The quantitative estimate of drug-likeness (QED) is 0.328. The third-order valence-corrected chi connectivity index (χ3v) is 7.14. The molecule has 0 aliphatic rings. The summed E-state index contributed by atoms with van der Waals surface area (Å²) >= 11 is 6.91. The molecule has 0 radical (unpaired) electrons. The second-order valence-electron chi connectivity index (χ2n) is 7.29. The number of thioether (sulfide) groups is 1. The molecular weight excluding hydrogens is 534 g/mol. The van der Waals surface area contributed by atoms with E-state index in [1.54, 1.807) is 36.4 Å². The Morgan fingerprint density at radius 3 is 2.56 bits per heavy atom. The van der Waals surface area contributed by atoms with Crippen molar-refractivity contribution in [2.75, 3.05) is 11.1 Å². The van der Waals surface area contributed by atoms with Crippen molar-refractivity contribution in [3.8, 4) is 11.8 Å². The number of carbonyl (C=O) groups excluding carboxylic acids is 1. The highest BCUT2D eigenvalue weighted by Crippen LogP contribution is 2.32. The van der Waals surface area contributed by atoms with Gasteiger partial charge in [0.05, 0.1) is 38.7 Å². The summed E-state index contributed by atoms with van der Waals surface area (Å²) in [5.41, 5.74) is 0.844. The summed E-state index contributed by atoms with van der Waals surface area (Å²) in [6.45, 7) is 0. The van der Waals surface area contributed by atoms with Gasteiger partial charge in [-0.1, -0.05) is 47.6 Å². The van der Waals surface area contributed by atoms with Crippen molar-refractivity contribution < 1.29 is 22.0 Å². The minimum Gasteiger partial charge on any atom is -0.324 e. The zero-order valence-electron chi connectivity index (χ0n) is 18.0. The predicted molar refractivity (Wildman–Crippen MR) is 131 cm³/mol. The number of nitrogens with zero attached hydrogens (tertiary/aromatic N) is 4. The third-order valence-electron chi connectivity index (χ3n) is 4.99. The number of sulfonamides is 1. The van der Waals surface area contributed by atoms with Crippen LogP contribution in [0.4, 0.5) is 14.5 Å². The smallest absolute Gasteiger partial charge is 0.297 e. The number of benzene rings is 3. The standard InChI is InChI=1S/C22H15ClF2N6O3S2/c23-16-9-13(36(27,33)34)7-8-17(16)28-19(32)11-35-22-30-29-21(20(24)25)31(22)18-6-2-4-14-12(10-26)3-1-5-15(14)18/h1-9,20H,11H2,(H,28,32)(H2,27,33,34). The van der Waals surface area contributed by atoms with Crippen LogP contribution < -0.4 is 10.5 Å². The fourth-order valence-electron chi connectivity index (χ4n) is 3.42. The molecule has 0 saturated carbocycles. The zero-order chi connectivity index (χ0) is 26.0. The Kier molecular flexibility index (Phi) is 7.23. The average molecular weight is 549 g/mol. The van der Waals surface area contributed by atoms with Crippen LogP contribution in [0.25, 0.3) is 16.5 Å². The highest BCUT2D eigenvalue weighted by molar-refractivity contribution is 7.99. The molecule has 0 unspecified atom stereocenters. The number of hydrogen-bond donors (Lipinski definition) is 2. The highest BCUT2D eigenvalue weighted by Gasteiger charge is 2.24. The van der Waals surface area contributed by atoms with Gasteiger partial charge in [0.2, 0.25) is 21.8 Å². The maximum absolute atomic E-state index is 13.8. The lowest BCUT2D eigenvalue weighted by Gasteiger charge is -2.13. The van der Waals surface area contributed by atoms with Crippen LogP contribution >= 0.6 is 23.4 Å². The molecule has 0 spiro atoms. The first-order chi connectivity index (χ1) is 17.1. The minimum absolute atomic E-state index is 0.0333. The molecular formula is C22H15ClF2N6O3S2. The van der Waals surface area contributed by atoms with Crippen LogP contribution in [-0.4, -0.2) is 34.8 Å². The number of primary sulfonamides is 1. The Morgan fingerprint density at radius 2 is 1.89 bits per heavy atom. The van der Waals surface area contributed by atoms with Gasteiger partial charge in [0.15, 0.2) is 5.16 Å². The Morgan fingerprint density at radius 1 is 1.17 bits per heavy atom. The molecule has 0 bridgehead atoms. The molecule has 1 aromatic heterocycles. The number of alkyl halides is 2. The lowest BCUT2D eigenvalue weighted by molar-refractivity contribution is -0.113. The second-order valence-corrected chi connectivity index (χ2v) is 10.2. The van der Waals surface area contributed by atoms with Gasteiger partial charge in [-0.15, -0.1) is 10.2 Å². The molecule has 3 N–H and O–H groups in total. The van der Waals surface area contributed by atoms with Crippen molar-refractivity contribution in [2.24, 2.45) is 5.14 Å². The van der Waals surface area contributed by atoms with E-state index in [4.69, 9.17) is 16.7 Å². The number of anilines is 1. The summed E-state index contributed by atoms with van der Waals surface area (Å²) in [6.07, 6.45) is -2.95. The van der Waals surface area contributed by atoms with E-state index in [0.29, 0.717) is 22.0 Å². The Balaban J connectivity index is 1.62. The summed E-state index contributed by atoms with van der Waals surface area (Å²) in [6, 6.07) is 15.5. The van der Waals surface area contributed by atoms with E-state index in [9.17, 15) is 27.3 Å². The molecule has 184 valence electrons. The van der Waals surface area contributed by atoms with Gasteiger partial charge < -0.3 is 5.32 Å². The Hall–Kier alpha value is -3.57. The summed E-state index contributed by atoms with van der Waals surface area (Å²) < 4.78 is 51.6. The molecule has 1 heterocycles. The number of fused-ring (bicyclic) bond motifs is 1. The predicted octanol–water partition coefficient (Wildman–Crippen LogP) is 4.26. The molecule has 0 saturated heterocycles. The van der Waals surface area contributed by atoms with E-state index in [2.05, 4.69) is 21.6 Å². The summed E-state index contributed by atoms with van der Waals surface area (Å²) in [5, 5.41) is 25.5. The normalized spacial score (nSPS) is 11.6. The van der Waals surface area contributed by atoms with Crippen LogP contribution in [0.2, 0.25) is 5.02 Å². The number of hydrogen-bond acceptors (Lipinski definition) is 7. The third kappa shape index (κ3) is 5.17. The molecule has 14 heteroatoms. The lowest BCUT2D eigenvalue weighted by Crippen LogP contribution is -2.16. The van der Waals surface area contributed by atoms with E-state index in [1.165, 1.54) is 12.1 Å². The van der Waals surface area contributed by atoms with Crippen molar-refractivity contribution in [1.29, 1.82) is 5.26 Å². The van der Waals surface area contributed by atoms with Gasteiger partial charge in [-0.25, -0.2) is 22.3 Å². The molecule has 0 aliphatic heterocycles. The first kappa shape index (κ1) is 25.5. The number of rotatable bonds is 7. The van der Waals surface area contributed by atoms with E-state index in [0.717, 1.165) is 22.4 Å². The van der Waals surface area contributed by atoms with Gasteiger partial charge in [-0.2, -0.15) is 5.26 Å². The maximum Gasteiger partial charge on any atom is 0.297 e. The molecule has 0 atom stereocenters. The van der Waals surface area contributed by atoms with Gasteiger partial charge >= 0.3 is 0 Å². The minimum atomic E-state index is -3.97. The fraction of sp³-hybridized carbons (Fsp3) is 0.0909. The molecule has 36 heavy (non-hydrogen) atoms. The number of nitriles is 1. The van der Waals surface area contributed by atoms with Crippen LogP contribution in [0.15, 0.2) is 64.6 Å². The number of amides is 1. The molecule has 9 nitrogen and oxygen atoms in total. The number of carbonyl (C=O) groups is 1. The number of halogens is 3. The molecule has 0 fully saturated rings. The molecule has 1 amide bonds. The average Bonchev–Trinajstić information content (AvgIpc) is 3.26. The SMILES string of the molecule is N#Cc1cccc2c(-n3c(SCC(=O)Nc4ccc(S(N)(=O)=O)cc4Cl)nnc3C(F)F)cccc12. The van der Waals surface area contributed by atoms with E-state index in [-0.39, 0.29) is 26.5 Å². The topological polar surface area (TPSA) is 144 Å². The van der Waals surface area contributed by atoms with Gasteiger partial charge in [-0.3, -0.25) is 9.36 Å². The largest absolute Gasteiger partial charge is 0.324 e. The van der Waals surface area contributed by atoms with Gasteiger partial charge in [0, 0.05) is 10.8 Å². The Bertz CT molecular complexity index is 1640. The molecule has 4 aromatic rings. The van der Waals surface area contributed by atoms with Crippen LogP contribution in [0, 0.1) is 11.3 Å². The molecule has 3 aromatic carbocycles. The van der Waals surface area contributed by atoms with Crippen molar-refractivity contribution in [2.45, 2.75) is 16.5 Å². The molecule has 4 rings (SSSR count). The van der Waals surface area contributed by atoms with E-state index in [1.807, 2.05) is 0 Å². The van der Waals surface area contributed by atoms with Gasteiger partial charge in [0.25, 0.3) is 6.43 Å². The first-order valence-electron chi connectivity index (χ1n) is 10.0. The van der Waals surface area contributed by atoms with Crippen LogP contribution in [0.5, 0.6) is 0 Å². The van der Waals surface area contributed by atoms with Gasteiger partial charge in [-0.05, 0) is 30.3 Å². The highest BCUT2D eigenvalue weighted by atomic mass is 35.5. The fourth-order valence-corrected chi connectivity index (χ4v) is 5.00. The number of aromatic nitrogens is 3. The second kappa shape index (κ2) is 10.2. The maximum atomic E-state index is 13.8. The van der Waals surface area contributed by atoms with E-state index >= 15 is 0 Å². The molecule has 0 aliphatic carbocycles. The number of nitrogens with one attached hydrogen (secondary N) is 1. The van der Waals surface area contributed by atoms with Crippen molar-refractivity contribution >= 4 is 55.8 Å². The van der Waals surface area contributed by atoms with Crippen LogP contribution in [0.3, 0.4) is 0 Å². The zero-order valence-corrected chi connectivity index (χ0v) is 20.4. The first-order valence-corrected chi connectivity index (χ1v) is 12.9. The summed E-state index contributed by atoms with van der Waals surface area (Å²) in [5.74, 6) is -1.42.